The second-order valence-corrected chi connectivity index (χ2v) is 5.99. The number of rotatable bonds is 7. The quantitative estimate of drug-likeness (QED) is 0.670. The molecule has 4 atom stereocenters. The van der Waals surface area contributed by atoms with Crippen LogP contribution in [0.25, 0.3) is 0 Å². The van der Waals surface area contributed by atoms with E-state index in [0.717, 1.165) is 0 Å². The van der Waals surface area contributed by atoms with E-state index >= 15 is 0 Å². The Kier molecular flexibility index (Phi) is 6.67. The molecule has 1 aliphatic rings. The summed E-state index contributed by atoms with van der Waals surface area (Å²) in [4.78, 5) is 0. The fourth-order valence-electron chi connectivity index (χ4n) is 1.77. The smallest absolute Gasteiger partial charge is 0.376 e. The molecule has 1 aliphatic heterocycles. The molecular formula is C12H24O5P+. The van der Waals surface area contributed by atoms with Crippen LogP contribution in [-0.2, 0) is 23.1 Å². The van der Waals surface area contributed by atoms with Crippen LogP contribution < -0.4 is 0 Å². The van der Waals surface area contributed by atoms with Crippen molar-refractivity contribution in [3.63, 3.8) is 0 Å². The fraction of sp³-hybridized carbons (Fsp3) is 1.00. The molecule has 0 aromatic heterocycles. The Morgan fingerprint density at radius 3 is 2.50 bits per heavy atom. The Bertz CT molecular complexity index is 269. The Labute approximate surface area is 110 Å². The van der Waals surface area contributed by atoms with Gasteiger partial charge in [-0.25, -0.2) is 0 Å². The molecule has 1 saturated heterocycles. The SMILES string of the molecule is CC(C)OC[C@H]1O[C@@H](C)C[C@H]1O[P+](=O)OC(C)C. The highest BCUT2D eigenvalue weighted by Crippen LogP contribution is 2.34. The van der Waals surface area contributed by atoms with Crippen LogP contribution in [0.15, 0.2) is 0 Å². The molecule has 18 heavy (non-hydrogen) atoms. The van der Waals surface area contributed by atoms with Gasteiger partial charge in [0, 0.05) is 11.0 Å². The summed E-state index contributed by atoms with van der Waals surface area (Å²) in [6.45, 7) is 10.0. The van der Waals surface area contributed by atoms with Crippen molar-refractivity contribution in [1.29, 1.82) is 0 Å². The average Bonchev–Trinajstić information content (AvgIpc) is 2.54. The van der Waals surface area contributed by atoms with E-state index in [9.17, 15) is 4.57 Å². The summed E-state index contributed by atoms with van der Waals surface area (Å²) >= 11 is 0. The predicted molar refractivity (Wildman–Crippen MR) is 68.7 cm³/mol. The predicted octanol–water partition coefficient (Wildman–Crippen LogP) is 3.06. The summed E-state index contributed by atoms with van der Waals surface area (Å²) in [5.74, 6) is 0. The maximum Gasteiger partial charge on any atom is 0.698 e. The molecule has 0 N–H and O–H groups in total. The van der Waals surface area contributed by atoms with Crippen LogP contribution in [-0.4, -0.2) is 37.1 Å². The van der Waals surface area contributed by atoms with Gasteiger partial charge in [-0.1, -0.05) is 0 Å². The van der Waals surface area contributed by atoms with Crippen LogP contribution in [0.3, 0.4) is 0 Å². The number of hydrogen-bond donors (Lipinski definition) is 0. The van der Waals surface area contributed by atoms with Crippen molar-refractivity contribution in [1.82, 2.24) is 0 Å². The third-order valence-corrected chi connectivity index (χ3v) is 3.53. The molecule has 0 spiro atoms. The molecule has 0 aliphatic carbocycles. The van der Waals surface area contributed by atoms with E-state index in [-0.39, 0.29) is 30.5 Å². The van der Waals surface area contributed by atoms with E-state index in [4.69, 9.17) is 18.5 Å². The summed E-state index contributed by atoms with van der Waals surface area (Å²) < 4.78 is 33.4. The summed E-state index contributed by atoms with van der Waals surface area (Å²) in [7, 11) is -2.09. The van der Waals surface area contributed by atoms with Crippen molar-refractivity contribution in [2.75, 3.05) is 6.61 Å². The van der Waals surface area contributed by atoms with E-state index in [0.29, 0.717) is 13.0 Å². The second kappa shape index (κ2) is 7.51. The van der Waals surface area contributed by atoms with Crippen molar-refractivity contribution in [2.45, 2.75) is 71.6 Å². The van der Waals surface area contributed by atoms with Gasteiger partial charge in [0.1, 0.15) is 18.3 Å². The van der Waals surface area contributed by atoms with Gasteiger partial charge < -0.3 is 9.47 Å². The van der Waals surface area contributed by atoms with Crippen LogP contribution in [0.4, 0.5) is 0 Å². The Balaban J connectivity index is 2.43. The first kappa shape index (κ1) is 16.0. The summed E-state index contributed by atoms with van der Waals surface area (Å²) in [6, 6.07) is 0. The van der Waals surface area contributed by atoms with Crippen molar-refractivity contribution in [3.8, 4) is 0 Å². The maximum absolute atomic E-state index is 11.6. The molecule has 6 heteroatoms. The molecule has 0 aromatic rings. The Morgan fingerprint density at radius 2 is 1.94 bits per heavy atom. The van der Waals surface area contributed by atoms with Gasteiger partial charge in [0.2, 0.25) is 0 Å². The zero-order valence-electron chi connectivity index (χ0n) is 11.8. The van der Waals surface area contributed by atoms with Crippen molar-refractivity contribution in [3.05, 3.63) is 0 Å². The van der Waals surface area contributed by atoms with Crippen molar-refractivity contribution >= 4 is 8.25 Å². The average molecular weight is 279 g/mol. The zero-order chi connectivity index (χ0) is 13.7. The second-order valence-electron chi connectivity index (χ2n) is 5.12. The van der Waals surface area contributed by atoms with Gasteiger partial charge in [-0.15, -0.1) is 9.05 Å². The molecule has 0 radical (unpaired) electrons. The monoisotopic (exact) mass is 279 g/mol. The summed E-state index contributed by atoms with van der Waals surface area (Å²) in [5, 5.41) is 0. The van der Waals surface area contributed by atoms with Gasteiger partial charge in [0.25, 0.3) is 0 Å². The lowest BCUT2D eigenvalue weighted by atomic mass is 10.1. The highest BCUT2D eigenvalue weighted by molar-refractivity contribution is 7.33. The molecular weight excluding hydrogens is 255 g/mol. The van der Waals surface area contributed by atoms with Crippen molar-refractivity contribution in [2.24, 2.45) is 0 Å². The third-order valence-electron chi connectivity index (χ3n) is 2.50. The van der Waals surface area contributed by atoms with Gasteiger partial charge in [-0.05, 0) is 34.6 Å². The van der Waals surface area contributed by atoms with Gasteiger partial charge >= 0.3 is 8.25 Å². The molecule has 1 unspecified atom stereocenters. The Hall–Kier alpha value is -0.0600. The normalized spacial score (nSPS) is 29.3. The van der Waals surface area contributed by atoms with Crippen LogP contribution in [0.1, 0.15) is 41.0 Å². The van der Waals surface area contributed by atoms with Gasteiger partial charge in [-0.2, -0.15) is 0 Å². The van der Waals surface area contributed by atoms with E-state index < -0.39 is 8.25 Å². The molecule has 0 bridgehead atoms. The molecule has 5 nitrogen and oxygen atoms in total. The van der Waals surface area contributed by atoms with E-state index in [1.165, 1.54) is 0 Å². The van der Waals surface area contributed by atoms with Crippen LogP contribution >= 0.6 is 8.25 Å². The van der Waals surface area contributed by atoms with Crippen LogP contribution in [0.5, 0.6) is 0 Å². The molecule has 1 rings (SSSR count). The first-order valence-corrected chi connectivity index (χ1v) is 7.56. The lowest BCUT2D eigenvalue weighted by Gasteiger charge is -2.16. The molecule has 0 amide bonds. The lowest BCUT2D eigenvalue weighted by molar-refractivity contribution is -0.0518. The van der Waals surface area contributed by atoms with Gasteiger partial charge in [0.15, 0.2) is 0 Å². The summed E-state index contributed by atoms with van der Waals surface area (Å²) in [5.41, 5.74) is 0. The minimum atomic E-state index is -2.09. The number of hydrogen-bond acceptors (Lipinski definition) is 5. The largest absolute Gasteiger partial charge is 0.698 e. The maximum atomic E-state index is 11.6. The van der Waals surface area contributed by atoms with E-state index in [1.54, 1.807) is 0 Å². The molecule has 1 heterocycles. The highest BCUT2D eigenvalue weighted by Gasteiger charge is 2.41. The van der Waals surface area contributed by atoms with Gasteiger partial charge in [0.05, 0.1) is 18.8 Å². The first-order chi connectivity index (χ1) is 8.38. The number of ether oxygens (including phenoxy) is 2. The molecule has 0 saturated carbocycles. The molecule has 106 valence electrons. The van der Waals surface area contributed by atoms with Crippen LogP contribution in [0.2, 0.25) is 0 Å². The topological polar surface area (TPSA) is 54.0 Å². The molecule has 1 fully saturated rings. The van der Waals surface area contributed by atoms with Gasteiger partial charge in [-0.3, -0.25) is 0 Å². The minimum Gasteiger partial charge on any atom is -0.376 e. The van der Waals surface area contributed by atoms with E-state index in [1.807, 2.05) is 34.6 Å². The highest BCUT2D eigenvalue weighted by atomic mass is 31.1. The standard InChI is InChI=1S/C12H24O5P/c1-8(2)14-7-12-11(6-10(5)15-12)17-18(13)16-9(3)4/h8-12H,6-7H2,1-5H3/q+1/t10-,11+,12+/m0/s1. The first-order valence-electron chi connectivity index (χ1n) is 6.46. The fourth-order valence-corrected chi connectivity index (χ4v) is 2.61. The van der Waals surface area contributed by atoms with Crippen LogP contribution in [0, 0.1) is 0 Å². The zero-order valence-corrected chi connectivity index (χ0v) is 12.7. The third kappa shape index (κ3) is 5.72. The van der Waals surface area contributed by atoms with E-state index in [2.05, 4.69) is 0 Å². The lowest BCUT2D eigenvalue weighted by Crippen LogP contribution is -2.29. The van der Waals surface area contributed by atoms with Crippen molar-refractivity contribution < 1.29 is 23.1 Å². The minimum absolute atomic E-state index is 0.0956. The molecule has 0 aromatic carbocycles. The summed E-state index contributed by atoms with van der Waals surface area (Å²) in [6.07, 6.45) is 0.454. The Morgan fingerprint density at radius 1 is 1.28 bits per heavy atom.